The lowest BCUT2D eigenvalue weighted by Gasteiger charge is -2.34. The van der Waals surface area contributed by atoms with Gasteiger partial charge in [0.1, 0.15) is 18.3 Å². The molecule has 2 unspecified atom stereocenters. The molecule has 0 saturated carbocycles. The molecule has 4 heteroatoms. The number of hydrogen-bond donors (Lipinski definition) is 1. The van der Waals surface area contributed by atoms with E-state index in [2.05, 4.69) is 5.32 Å². The monoisotopic (exact) mass is 274 g/mol. The van der Waals surface area contributed by atoms with Crippen molar-refractivity contribution in [2.75, 3.05) is 33.3 Å². The number of amides is 1. The first-order chi connectivity index (χ1) is 9.79. The molecule has 1 saturated heterocycles. The Balaban J connectivity index is 1.70. The van der Waals surface area contributed by atoms with Crippen molar-refractivity contribution < 1.29 is 9.53 Å². The predicted octanol–water partition coefficient (Wildman–Crippen LogP) is 1.62. The molecule has 1 aromatic carbocycles. The third-order valence-corrected chi connectivity index (χ3v) is 4.32. The van der Waals surface area contributed by atoms with Crippen molar-refractivity contribution in [3.05, 3.63) is 29.8 Å². The maximum atomic E-state index is 12.7. The van der Waals surface area contributed by atoms with Crippen molar-refractivity contribution in [3.63, 3.8) is 0 Å². The molecule has 1 fully saturated rings. The number of carbonyl (C=O) groups is 1. The van der Waals surface area contributed by atoms with Gasteiger partial charge in [-0.1, -0.05) is 18.2 Å². The van der Waals surface area contributed by atoms with E-state index < -0.39 is 0 Å². The number of benzene rings is 1. The number of likely N-dealkylation sites (tertiary alicyclic amines) is 1. The van der Waals surface area contributed by atoms with Crippen molar-refractivity contribution in [2.24, 2.45) is 5.92 Å². The van der Waals surface area contributed by atoms with E-state index in [0.29, 0.717) is 12.5 Å². The zero-order valence-corrected chi connectivity index (χ0v) is 12.0. The minimum Gasteiger partial charge on any atom is -0.492 e. The van der Waals surface area contributed by atoms with Crippen molar-refractivity contribution in [3.8, 4) is 5.75 Å². The molecule has 2 atom stereocenters. The second kappa shape index (κ2) is 5.83. The van der Waals surface area contributed by atoms with Crippen LogP contribution in [-0.4, -0.2) is 44.1 Å². The third kappa shape index (κ3) is 2.52. The Morgan fingerprint density at radius 3 is 3.15 bits per heavy atom. The smallest absolute Gasteiger partial charge is 0.233 e. The Bertz CT molecular complexity index is 487. The van der Waals surface area contributed by atoms with Crippen LogP contribution in [0.4, 0.5) is 0 Å². The van der Waals surface area contributed by atoms with E-state index in [1.165, 1.54) is 6.42 Å². The third-order valence-electron chi connectivity index (χ3n) is 4.32. The van der Waals surface area contributed by atoms with E-state index in [9.17, 15) is 4.79 Å². The van der Waals surface area contributed by atoms with Crippen molar-refractivity contribution in [1.29, 1.82) is 0 Å². The van der Waals surface area contributed by atoms with Crippen LogP contribution in [0.2, 0.25) is 0 Å². The highest BCUT2D eigenvalue weighted by molar-refractivity contribution is 5.85. The average Bonchev–Trinajstić information content (AvgIpc) is 2.91. The topological polar surface area (TPSA) is 41.6 Å². The summed E-state index contributed by atoms with van der Waals surface area (Å²) in [5.41, 5.74) is 1.05. The molecule has 0 aliphatic carbocycles. The van der Waals surface area contributed by atoms with Gasteiger partial charge in [0, 0.05) is 18.7 Å². The lowest BCUT2D eigenvalue weighted by molar-refractivity contribution is -0.134. The van der Waals surface area contributed by atoms with Gasteiger partial charge in [-0.15, -0.1) is 0 Å². The number of piperidine rings is 1. The van der Waals surface area contributed by atoms with Crippen molar-refractivity contribution >= 4 is 5.91 Å². The van der Waals surface area contributed by atoms with Gasteiger partial charge in [-0.25, -0.2) is 0 Å². The first-order valence-corrected chi connectivity index (χ1v) is 7.44. The van der Waals surface area contributed by atoms with Crippen LogP contribution in [0.25, 0.3) is 0 Å². The van der Waals surface area contributed by atoms with Gasteiger partial charge in [-0.05, 0) is 38.4 Å². The Kier molecular flexibility index (Phi) is 3.92. The number of hydrogen-bond acceptors (Lipinski definition) is 3. The molecular formula is C16H22N2O2. The Morgan fingerprint density at radius 2 is 2.30 bits per heavy atom. The quantitative estimate of drug-likeness (QED) is 0.910. The standard InChI is InChI=1S/C16H22N2O2/c1-17-9-12-5-4-8-18(10-12)16(19)14-11-20-15-7-3-2-6-13(14)15/h2-3,6-7,12,14,17H,4-5,8-11H2,1H3. The number of nitrogens with zero attached hydrogens (tertiary/aromatic N) is 1. The van der Waals surface area contributed by atoms with Crippen LogP contribution in [0.1, 0.15) is 24.3 Å². The second-order valence-corrected chi connectivity index (χ2v) is 5.75. The lowest BCUT2D eigenvalue weighted by Crippen LogP contribution is -2.44. The Hall–Kier alpha value is -1.55. The summed E-state index contributed by atoms with van der Waals surface area (Å²) in [5.74, 6) is 1.57. The molecule has 2 aliphatic rings. The fourth-order valence-corrected chi connectivity index (χ4v) is 3.31. The normalized spacial score (nSPS) is 25.1. The summed E-state index contributed by atoms with van der Waals surface area (Å²) in [4.78, 5) is 14.8. The van der Waals surface area contributed by atoms with Crippen LogP contribution in [0, 0.1) is 5.92 Å². The SMILES string of the molecule is CNCC1CCCN(C(=O)C2COc3ccccc32)C1. The van der Waals surface area contributed by atoms with E-state index in [4.69, 9.17) is 4.74 Å². The van der Waals surface area contributed by atoms with Crippen LogP contribution in [0.15, 0.2) is 24.3 Å². The molecular weight excluding hydrogens is 252 g/mol. The van der Waals surface area contributed by atoms with Gasteiger partial charge >= 0.3 is 0 Å². The number of ether oxygens (including phenoxy) is 1. The summed E-state index contributed by atoms with van der Waals surface area (Å²) in [6, 6.07) is 7.89. The van der Waals surface area contributed by atoms with E-state index >= 15 is 0 Å². The minimum absolute atomic E-state index is 0.112. The number of carbonyl (C=O) groups excluding carboxylic acids is 1. The first kappa shape index (κ1) is 13.4. The first-order valence-electron chi connectivity index (χ1n) is 7.44. The number of para-hydroxylation sites is 1. The molecule has 3 rings (SSSR count). The number of rotatable bonds is 3. The Morgan fingerprint density at radius 1 is 1.45 bits per heavy atom. The summed E-state index contributed by atoms with van der Waals surface area (Å²) in [6.45, 7) is 3.24. The summed E-state index contributed by atoms with van der Waals surface area (Å²) >= 11 is 0. The Labute approximate surface area is 120 Å². The summed E-state index contributed by atoms with van der Waals surface area (Å²) in [7, 11) is 1.97. The largest absolute Gasteiger partial charge is 0.492 e. The molecule has 108 valence electrons. The van der Waals surface area contributed by atoms with Crippen LogP contribution in [0.5, 0.6) is 5.75 Å². The summed E-state index contributed by atoms with van der Waals surface area (Å²) < 4.78 is 5.64. The van der Waals surface area contributed by atoms with Gasteiger partial charge in [0.15, 0.2) is 0 Å². The van der Waals surface area contributed by atoms with E-state index in [1.54, 1.807) is 0 Å². The lowest BCUT2D eigenvalue weighted by atomic mass is 9.94. The second-order valence-electron chi connectivity index (χ2n) is 5.75. The molecule has 1 N–H and O–H groups in total. The molecule has 4 nitrogen and oxygen atoms in total. The average molecular weight is 274 g/mol. The maximum Gasteiger partial charge on any atom is 0.233 e. The zero-order chi connectivity index (χ0) is 13.9. The highest BCUT2D eigenvalue weighted by Crippen LogP contribution is 2.35. The predicted molar refractivity (Wildman–Crippen MR) is 77.9 cm³/mol. The van der Waals surface area contributed by atoms with Gasteiger partial charge in [0.25, 0.3) is 0 Å². The highest BCUT2D eigenvalue weighted by atomic mass is 16.5. The highest BCUT2D eigenvalue weighted by Gasteiger charge is 2.34. The molecule has 1 aromatic rings. The maximum absolute atomic E-state index is 12.7. The van der Waals surface area contributed by atoms with Crippen LogP contribution in [0.3, 0.4) is 0 Å². The fraction of sp³-hybridized carbons (Fsp3) is 0.562. The molecule has 2 heterocycles. The van der Waals surface area contributed by atoms with Crippen molar-refractivity contribution in [1.82, 2.24) is 10.2 Å². The minimum atomic E-state index is -0.112. The number of nitrogens with one attached hydrogen (secondary N) is 1. The van der Waals surface area contributed by atoms with Crippen LogP contribution >= 0.6 is 0 Å². The van der Waals surface area contributed by atoms with Crippen LogP contribution in [-0.2, 0) is 4.79 Å². The summed E-state index contributed by atoms with van der Waals surface area (Å²) in [5, 5.41) is 3.22. The molecule has 1 amide bonds. The van der Waals surface area contributed by atoms with Gasteiger partial charge in [-0.3, -0.25) is 4.79 Å². The molecule has 0 radical (unpaired) electrons. The molecule has 2 aliphatic heterocycles. The van der Waals surface area contributed by atoms with E-state index in [0.717, 1.165) is 37.4 Å². The summed E-state index contributed by atoms with van der Waals surface area (Å²) in [6.07, 6.45) is 2.32. The molecule has 20 heavy (non-hydrogen) atoms. The van der Waals surface area contributed by atoms with Gasteiger partial charge in [0.05, 0.1) is 0 Å². The molecule has 0 bridgehead atoms. The number of fused-ring (bicyclic) bond motifs is 1. The molecule has 0 spiro atoms. The van der Waals surface area contributed by atoms with Gasteiger partial charge in [-0.2, -0.15) is 0 Å². The fourth-order valence-electron chi connectivity index (χ4n) is 3.31. The van der Waals surface area contributed by atoms with Gasteiger partial charge in [0.2, 0.25) is 5.91 Å². The van der Waals surface area contributed by atoms with E-state index in [1.807, 2.05) is 36.2 Å². The van der Waals surface area contributed by atoms with Crippen LogP contribution < -0.4 is 10.1 Å². The zero-order valence-electron chi connectivity index (χ0n) is 12.0. The van der Waals surface area contributed by atoms with Crippen molar-refractivity contribution in [2.45, 2.75) is 18.8 Å². The van der Waals surface area contributed by atoms with E-state index in [-0.39, 0.29) is 11.8 Å². The molecule has 0 aromatic heterocycles. The van der Waals surface area contributed by atoms with Gasteiger partial charge < -0.3 is 15.0 Å².